The van der Waals surface area contributed by atoms with E-state index in [2.05, 4.69) is 20.3 Å². The second kappa shape index (κ2) is 14.7. The number of hydrogen-bond acceptors (Lipinski definition) is 8. The number of para-hydroxylation sites is 1. The maximum atomic E-state index is 16.8. The Morgan fingerprint density at radius 3 is 2.38 bits per heavy atom. The Labute approximate surface area is 297 Å². The highest BCUT2D eigenvalue weighted by Crippen LogP contribution is 2.41. The van der Waals surface area contributed by atoms with Gasteiger partial charge in [0.05, 0.1) is 34.7 Å². The number of nitrogens with zero attached hydrogens (tertiary/aromatic N) is 5. The Kier molecular flexibility index (Phi) is 10.3. The van der Waals surface area contributed by atoms with Crippen molar-refractivity contribution in [3.8, 4) is 16.9 Å². The van der Waals surface area contributed by atoms with Crippen molar-refractivity contribution < 1.29 is 31.9 Å². The van der Waals surface area contributed by atoms with Gasteiger partial charge in [-0.25, -0.2) is 23.8 Å². The molecule has 0 unspecified atom stereocenters. The SMILES string of the molecule is CCc1cccc(CC)c1-n1nc2c(c1-c1c(F)cc(COC(=O)[C@@H](NC(=O)CN)C(C)C)c3[nH]ccc13)CN(c1ncc(C(F)(F)F)cn1)CC2. The molecule has 4 heterocycles. The van der Waals surface area contributed by atoms with E-state index < -0.39 is 35.5 Å². The average molecular weight is 721 g/mol. The van der Waals surface area contributed by atoms with Gasteiger partial charge in [-0.1, -0.05) is 45.9 Å². The summed E-state index contributed by atoms with van der Waals surface area (Å²) in [7, 11) is 0. The van der Waals surface area contributed by atoms with Crippen LogP contribution in [0, 0.1) is 11.7 Å². The monoisotopic (exact) mass is 720 g/mol. The number of rotatable bonds is 11. The Morgan fingerprint density at radius 2 is 1.77 bits per heavy atom. The third kappa shape index (κ3) is 6.96. The summed E-state index contributed by atoms with van der Waals surface area (Å²) in [5.74, 6) is -1.94. The van der Waals surface area contributed by atoms with Crippen LogP contribution in [0.25, 0.3) is 27.8 Å². The third-order valence-corrected chi connectivity index (χ3v) is 9.37. The van der Waals surface area contributed by atoms with Gasteiger partial charge in [-0.15, -0.1) is 0 Å². The molecule has 0 aliphatic carbocycles. The Balaban J connectivity index is 1.47. The number of aromatic nitrogens is 5. The summed E-state index contributed by atoms with van der Waals surface area (Å²) in [6.45, 7) is 7.59. The number of anilines is 1. The van der Waals surface area contributed by atoms with Gasteiger partial charge in [0.25, 0.3) is 0 Å². The summed E-state index contributed by atoms with van der Waals surface area (Å²) >= 11 is 0. The van der Waals surface area contributed by atoms with Crippen LogP contribution in [0.3, 0.4) is 0 Å². The van der Waals surface area contributed by atoms with E-state index in [1.54, 1.807) is 35.7 Å². The molecule has 0 saturated carbocycles. The minimum atomic E-state index is -4.58. The lowest BCUT2D eigenvalue weighted by Crippen LogP contribution is -2.47. The van der Waals surface area contributed by atoms with Crippen LogP contribution in [-0.2, 0) is 52.9 Å². The molecule has 6 rings (SSSR count). The van der Waals surface area contributed by atoms with Crippen LogP contribution in [0.15, 0.2) is 48.9 Å². The fraction of sp³-hybridized carbons (Fsp3) is 0.378. The number of nitrogens with one attached hydrogen (secondary N) is 2. The van der Waals surface area contributed by atoms with Crippen molar-refractivity contribution in [3.63, 3.8) is 0 Å². The van der Waals surface area contributed by atoms with Gasteiger partial charge < -0.3 is 25.7 Å². The smallest absolute Gasteiger partial charge is 0.419 e. The maximum absolute atomic E-state index is 16.8. The van der Waals surface area contributed by atoms with Crippen molar-refractivity contribution >= 4 is 28.7 Å². The number of alkyl halides is 3. The van der Waals surface area contributed by atoms with Crippen LogP contribution in [0.5, 0.6) is 0 Å². The molecule has 5 aromatic rings. The van der Waals surface area contributed by atoms with Crippen molar-refractivity contribution in [1.29, 1.82) is 0 Å². The lowest BCUT2D eigenvalue weighted by Gasteiger charge is -2.27. The predicted molar refractivity (Wildman–Crippen MR) is 187 cm³/mol. The number of carbonyl (C=O) groups excluding carboxylic acids is 2. The third-order valence-electron chi connectivity index (χ3n) is 9.37. The number of halogens is 4. The van der Waals surface area contributed by atoms with Gasteiger partial charge in [0.15, 0.2) is 0 Å². The number of esters is 1. The molecule has 1 aliphatic rings. The number of nitrogens with two attached hydrogens (primary N) is 1. The zero-order chi connectivity index (χ0) is 37.3. The molecular weight excluding hydrogens is 680 g/mol. The quantitative estimate of drug-likeness (QED) is 0.115. The van der Waals surface area contributed by atoms with Crippen molar-refractivity contribution in [2.45, 2.75) is 72.3 Å². The van der Waals surface area contributed by atoms with Crippen molar-refractivity contribution in [1.82, 2.24) is 30.0 Å². The second-order valence-corrected chi connectivity index (χ2v) is 13.0. The molecule has 52 heavy (non-hydrogen) atoms. The number of ether oxygens (including phenoxy) is 1. The molecule has 15 heteroatoms. The van der Waals surface area contributed by atoms with Gasteiger partial charge in [0.2, 0.25) is 11.9 Å². The van der Waals surface area contributed by atoms with Crippen LogP contribution in [0.1, 0.15) is 61.2 Å². The Morgan fingerprint density at radius 1 is 1.08 bits per heavy atom. The number of aryl methyl sites for hydroxylation is 2. The lowest BCUT2D eigenvalue weighted by molar-refractivity contribution is -0.150. The zero-order valence-corrected chi connectivity index (χ0v) is 29.3. The van der Waals surface area contributed by atoms with Crippen molar-refractivity contribution in [2.24, 2.45) is 11.7 Å². The molecule has 3 aromatic heterocycles. The number of fused-ring (bicyclic) bond motifs is 2. The molecule has 0 spiro atoms. The standard InChI is InChI=1S/C37H40F4N8O3/c1-5-21-8-7-9-22(6-2)33(21)49-34(26-18-48(13-11-28(26)47-49)36-44-16-24(17-45-36)37(39,40)41)30-25-10-12-43-32(25)23(14-27(30)38)19-52-35(51)31(20(3)4)46-29(50)15-42/h7-10,12,14,16-17,20,31,43H,5-6,11,13,15,18-19,42H2,1-4H3,(H,46,50)/t31-/m0/s1. The summed E-state index contributed by atoms with van der Waals surface area (Å²) in [4.78, 5) is 38.0. The molecule has 274 valence electrons. The lowest BCUT2D eigenvalue weighted by atomic mass is 9.95. The van der Waals surface area contributed by atoms with E-state index in [1.807, 2.05) is 32.0 Å². The fourth-order valence-corrected chi connectivity index (χ4v) is 6.67. The highest BCUT2D eigenvalue weighted by Gasteiger charge is 2.34. The van der Waals surface area contributed by atoms with E-state index in [0.29, 0.717) is 53.5 Å². The molecule has 0 bridgehead atoms. The summed E-state index contributed by atoms with van der Waals surface area (Å²) < 4.78 is 64.1. The molecule has 0 radical (unpaired) electrons. The van der Waals surface area contributed by atoms with E-state index >= 15 is 4.39 Å². The summed E-state index contributed by atoms with van der Waals surface area (Å²) in [5, 5.41) is 8.17. The van der Waals surface area contributed by atoms with E-state index in [-0.39, 0.29) is 37.1 Å². The molecule has 2 aromatic carbocycles. The number of amides is 1. The molecule has 11 nitrogen and oxygen atoms in total. The molecule has 0 fully saturated rings. The first-order valence-electron chi connectivity index (χ1n) is 17.2. The zero-order valence-electron chi connectivity index (χ0n) is 29.3. The van der Waals surface area contributed by atoms with Gasteiger partial charge in [0.1, 0.15) is 18.5 Å². The van der Waals surface area contributed by atoms with Crippen LogP contribution in [-0.4, -0.2) is 55.7 Å². The first-order chi connectivity index (χ1) is 24.9. The molecule has 0 saturated heterocycles. The minimum Gasteiger partial charge on any atom is -0.459 e. The maximum Gasteiger partial charge on any atom is 0.419 e. The van der Waals surface area contributed by atoms with Crippen LogP contribution < -0.4 is 16.0 Å². The van der Waals surface area contributed by atoms with E-state index in [0.717, 1.165) is 34.9 Å². The van der Waals surface area contributed by atoms with Gasteiger partial charge in [0, 0.05) is 60.2 Å². The van der Waals surface area contributed by atoms with Crippen LogP contribution >= 0.6 is 0 Å². The topological polar surface area (TPSA) is 144 Å². The van der Waals surface area contributed by atoms with Crippen molar-refractivity contribution in [3.05, 3.63) is 88.3 Å². The number of H-pyrrole nitrogens is 1. The fourth-order valence-electron chi connectivity index (χ4n) is 6.67. The van der Waals surface area contributed by atoms with Gasteiger partial charge in [-0.2, -0.15) is 18.3 Å². The number of hydrogen-bond donors (Lipinski definition) is 3. The van der Waals surface area contributed by atoms with E-state index in [4.69, 9.17) is 15.6 Å². The highest BCUT2D eigenvalue weighted by molar-refractivity contribution is 5.98. The Bertz CT molecular complexity index is 2080. The first kappa shape index (κ1) is 36.5. The van der Waals surface area contributed by atoms with Gasteiger partial charge in [-0.05, 0) is 42.0 Å². The average Bonchev–Trinajstić information content (AvgIpc) is 3.77. The summed E-state index contributed by atoms with van der Waals surface area (Å²) in [6.07, 6.45) is 0.409. The van der Waals surface area contributed by atoms with Crippen molar-refractivity contribution in [2.75, 3.05) is 18.0 Å². The minimum absolute atomic E-state index is 0.118. The number of benzene rings is 2. The van der Waals surface area contributed by atoms with Gasteiger partial charge >= 0.3 is 12.1 Å². The summed E-state index contributed by atoms with van der Waals surface area (Å²) in [6, 6.07) is 8.14. The number of aromatic amines is 1. The molecular formula is C37H40F4N8O3. The normalized spacial score (nSPS) is 13.8. The predicted octanol–water partition coefficient (Wildman–Crippen LogP) is 5.80. The molecule has 4 N–H and O–H groups in total. The highest BCUT2D eigenvalue weighted by atomic mass is 19.4. The number of carbonyl (C=O) groups is 2. The van der Waals surface area contributed by atoms with E-state index in [1.165, 1.54) is 6.07 Å². The van der Waals surface area contributed by atoms with Crippen LogP contribution in [0.2, 0.25) is 0 Å². The summed E-state index contributed by atoms with van der Waals surface area (Å²) in [5.41, 5.74) is 10.4. The van der Waals surface area contributed by atoms with Crippen LogP contribution in [0.4, 0.5) is 23.5 Å². The van der Waals surface area contributed by atoms with Gasteiger partial charge in [-0.3, -0.25) is 4.79 Å². The van der Waals surface area contributed by atoms with E-state index in [9.17, 15) is 22.8 Å². The molecule has 1 amide bonds. The second-order valence-electron chi connectivity index (χ2n) is 13.0. The Hall–Kier alpha value is -5.31. The largest absolute Gasteiger partial charge is 0.459 e. The molecule has 1 aliphatic heterocycles. The molecule has 1 atom stereocenters. The first-order valence-corrected chi connectivity index (χ1v) is 17.2.